The van der Waals surface area contributed by atoms with Gasteiger partial charge in [-0.3, -0.25) is 9.59 Å². The molecule has 0 saturated carbocycles. The van der Waals surface area contributed by atoms with Crippen LogP contribution in [0.3, 0.4) is 0 Å². The first-order chi connectivity index (χ1) is 10.9. The summed E-state index contributed by atoms with van der Waals surface area (Å²) in [5.41, 5.74) is 1.81. The molecule has 126 valence electrons. The molecule has 0 aliphatic carbocycles. The van der Waals surface area contributed by atoms with Gasteiger partial charge in [0, 0.05) is 12.1 Å². The Morgan fingerprint density at radius 1 is 1.26 bits per heavy atom. The van der Waals surface area contributed by atoms with Crippen molar-refractivity contribution in [1.29, 1.82) is 0 Å². The Hall–Kier alpha value is -1.89. The molecule has 23 heavy (non-hydrogen) atoms. The minimum atomic E-state index is -3.01. The van der Waals surface area contributed by atoms with Gasteiger partial charge in [-0.05, 0) is 36.5 Å². The lowest BCUT2D eigenvalue weighted by Gasteiger charge is -2.09. The number of carbonyl (C=O) groups is 2. The maximum Gasteiger partial charge on any atom is 0.306 e. The zero-order valence-corrected chi connectivity index (χ0v) is 13.9. The first-order valence-corrected chi connectivity index (χ1v) is 9.45. The zero-order chi connectivity index (χ0) is 16.9. The fourth-order valence-corrected chi connectivity index (χ4v) is 4.36. The number of nitrogens with one attached hydrogen (secondary N) is 1. The molecule has 1 aliphatic heterocycles. The molecule has 1 amide bonds. The number of anilines is 1. The van der Waals surface area contributed by atoms with Crippen LogP contribution in [0.1, 0.15) is 25.3 Å². The lowest BCUT2D eigenvalue weighted by atomic mass is 10.1. The molecule has 1 heterocycles. The van der Waals surface area contributed by atoms with E-state index in [4.69, 9.17) is 4.74 Å². The first-order valence-electron chi connectivity index (χ1n) is 7.63. The molecule has 6 nitrogen and oxygen atoms in total. The summed E-state index contributed by atoms with van der Waals surface area (Å²) < 4.78 is 27.5. The summed E-state index contributed by atoms with van der Waals surface area (Å²) in [5, 5.41) is 2.64. The molecular formula is C16H21NO5S. The van der Waals surface area contributed by atoms with Crippen LogP contribution in [0.4, 0.5) is 5.69 Å². The van der Waals surface area contributed by atoms with E-state index < -0.39 is 21.7 Å². The largest absolute Gasteiger partial charge is 0.456 e. The highest BCUT2D eigenvalue weighted by molar-refractivity contribution is 7.91. The number of esters is 1. The Balaban J connectivity index is 1.72. The topological polar surface area (TPSA) is 89.5 Å². The molecule has 1 atom stereocenters. The molecule has 7 heteroatoms. The molecule has 0 radical (unpaired) electrons. The Bertz CT molecular complexity index is 666. The predicted molar refractivity (Wildman–Crippen MR) is 86.8 cm³/mol. The lowest BCUT2D eigenvalue weighted by molar-refractivity contribution is -0.148. The van der Waals surface area contributed by atoms with Crippen molar-refractivity contribution in [2.75, 3.05) is 23.4 Å². The number of hydrogen-bond donors (Lipinski definition) is 1. The molecule has 0 aromatic heterocycles. The van der Waals surface area contributed by atoms with Crippen molar-refractivity contribution in [3.05, 3.63) is 29.8 Å². The van der Waals surface area contributed by atoms with E-state index in [0.717, 1.165) is 6.42 Å². The molecule has 1 N–H and O–H groups in total. The number of sulfone groups is 1. The standard InChI is InChI=1S/C16H21NO5S/c1-2-12-3-5-14(6-4-12)17-15(18)10-22-16(19)9-13-7-8-23(20,21)11-13/h3-6,13H,2,7-11H2,1H3,(H,17,18)/t13-/m0/s1. The highest BCUT2D eigenvalue weighted by Crippen LogP contribution is 2.21. The third kappa shape index (κ3) is 5.67. The van der Waals surface area contributed by atoms with Crippen LogP contribution in [-0.2, 0) is 30.6 Å². The van der Waals surface area contributed by atoms with E-state index >= 15 is 0 Å². The van der Waals surface area contributed by atoms with Gasteiger partial charge >= 0.3 is 5.97 Å². The summed E-state index contributed by atoms with van der Waals surface area (Å²) in [6.07, 6.45) is 1.44. The van der Waals surface area contributed by atoms with E-state index in [-0.39, 0.29) is 30.5 Å². The van der Waals surface area contributed by atoms with E-state index in [1.54, 1.807) is 12.1 Å². The van der Waals surface area contributed by atoms with Gasteiger partial charge < -0.3 is 10.1 Å². The van der Waals surface area contributed by atoms with Crippen LogP contribution in [-0.4, -0.2) is 38.4 Å². The highest BCUT2D eigenvalue weighted by atomic mass is 32.2. The number of amides is 1. The maximum atomic E-state index is 11.7. The monoisotopic (exact) mass is 339 g/mol. The summed E-state index contributed by atoms with van der Waals surface area (Å²) >= 11 is 0. The molecule has 0 spiro atoms. The fraction of sp³-hybridized carbons (Fsp3) is 0.500. The van der Waals surface area contributed by atoms with Crippen LogP contribution in [0.15, 0.2) is 24.3 Å². The summed E-state index contributed by atoms with van der Waals surface area (Å²) in [4.78, 5) is 23.4. The van der Waals surface area contributed by atoms with Gasteiger partial charge in [-0.1, -0.05) is 19.1 Å². The zero-order valence-electron chi connectivity index (χ0n) is 13.1. The number of aryl methyl sites for hydroxylation is 1. The molecule has 0 unspecified atom stereocenters. The van der Waals surface area contributed by atoms with E-state index in [9.17, 15) is 18.0 Å². The molecule has 0 bridgehead atoms. The summed E-state index contributed by atoms with van der Waals surface area (Å²) in [6, 6.07) is 7.42. The molecule has 2 rings (SSSR count). The molecule has 1 aromatic carbocycles. The minimum absolute atomic E-state index is 0.0259. The Morgan fingerprint density at radius 3 is 2.52 bits per heavy atom. The van der Waals surface area contributed by atoms with Gasteiger partial charge in [-0.2, -0.15) is 0 Å². The summed E-state index contributed by atoms with van der Waals surface area (Å²) in [6.45, 7) is 1.68. The van der Waals surface area contributed by atoms with Gasteiger partial charge in [0.15, 0.2) is 16.4 Å². The molecule has 1 aliphatic rings. The Morgan fingerprint density at radius 2 is 1.96 bits per heavy atom. The summed E-state index contributed by atoms with van der Waals surface area (Å²) in [7, 11) is -3.01. The van der Waals surface area contributed by atoms with Crippen molar-refractivity contribution in [1.82, 2.24) is 0 Å². The van der Waals surface area contributed by atoms with E-state index in [1.165, 1.54) is 5.56 Å². The predicted octanol–water partition coefficient (Wildman–Crippen LogP) is 1.56. The van der Waals surface area contributed by atoms with Gasteiger partial charge in [-0.15, -0.1) is 0 Å². The third-order valence-corrected chi connectivity index (χ3v) is 5.63. The highest BCUT2D eigenvalue weighted by Gasteiger charge is 2.29. The van der Waals surface area contributed by atoms with Crippen LogP contribution in [0.2, 0.25) is 0 Å². The van der Waals surface area contributed by atoms with E-state index in [2.05, 4.69) is 5.32 Å². The molecular weight excluding hydrogens is 318 g/mol. The SMILES string of the molecule is CCc1ccc(NC(=O)COC(=O)C[C@@H]2CCS(=O)(=O)C2)cc1. The van der Waals surface area contributed by atoms with Gasteiger partial charge in [0.25, 0.3) is 5.91 Å². The van der Waals surface area contributed by atoms with Crippen LogP contribution < -0.4 is 5.32 Å². The molecule has 1 aromatic rings. The smallest absolute Gasteiger partial charge is 0.306 e. The second-order valence-corrected chi connectivity index (χ2v) is 7.96. The van der Waals surface area contributed by atoms with Gasteiger partial charge in [0.1, 0.15) is 0 Å². The first kappa shape index (κ1) is 17.5. The molecule has 1 fully saturated rings. The van der Waals surface area contributed by atoms with Gasteiger partial charge in [-0.25, -0.2) is 8.42 Å². The van der Waals surface area contributed by atoms with Crippen molar-refractivity contribution >= 4 is 27.4 Å². The van der Waals surface area contributed by atoms with E-state index in [0.29, 0.717) is 12.1 Å². The Labute approximate surface area is 136 Å². The van der Waals surface area contributed by atoms with Gasteiger partial charge in [0.05, 0.1) is 11.5 Å². The Kier molecular flexibility index (Phi) is 5.76. The normalized spacial score (nSPS) is 19.3. The van der Waals surface area contributed by atoms with Crippen molar-refractivity contribution < 1.29 is 22.7 Å². The van der Waals surface area contributed by atoms with E-state index in [1.807, 2.05) is 19.1 Å². The maximum absolute atomic E-state index is 11.7. The second kappa shape index (κ2) is 7.59. The van der Waals surface area contributed by atoms with Crippen LogP contribution in [0.25, 0.3) is 0 Å². The lowest BCUT2D eigenvalue weighted by Crippen LogP contribution is -2.22. The minimum Gasteiger partial charge on any atom is -0.456 e. The second-order valence-electron chi connectivity index (χ2n) is 5.73. The summed E-state index contributed by atoms with van der Waals surface area (Å²) in [5.74, 6) is -1.00. The fourth-order valence-electron chi connectivity index (χ4n) is 2.49. The van der Waals surface area contributed by atoms with Gasteiger partial charge in [0.2, 0.25) is 0 Å². The quantitative estimate of drug-likeness (QED) is 0.794. The molecule has 1 saturated heterocycles. The number of ether oxygens (including phenoxy) is 1. The van der Waals surface area contributed by atoms with Crippen molar-refractivity contribution in [3.63, 3.8) is 0 Å². The number of rotatable bonds is 6. The van der Waals surface area contributed by atoms with Crippen LogP contribution in [0.5, 0.6) is 0 Å². The number of carbonyl (C=O) groups excluding carboxylic acids is 2. The van der Waals surface area contributed by atoms with Crippen molar-refractivity contribution in [3.8, 4) is 0 Å². The van der Waals surface area contributed by atoms with Crippen LogP contribution >= 0.6 is 0 Å². The van der Waals surface area contributed by atoms with Crippen molar-refractivity contribution in [2.24, 2.45) is 5.92 Å². The van der Waals surface area contributed by atoms with Crippen molar-refractivity contribution in [2.45, 2.75) is 26.2 Å². The number of benzene rings is 1. The third-order valence-electron chi connectivity index (χ3n) is 3.79. The average Bonchev–Trinajstić information content (AvgIpc) is 2.85. The van der Waals surface area contributed by atoms with Crippen LogP contribution in [0, 0.1) is 5.92 Å². The average molecular weight is 339 g/mol. The number of hydrogen-bond acceptors (Lipinski definition) is 5.